The molecule has 5 heteroatoms. The van der Waals surface area contributed by atoms with Gasteiger partial charge in [0.15, 0.2) is 0 Å². The Morgan fingerprint density at radius 3 is 2.43 bits per heavy atom. The van der Waals surface area contributed by atoms with E-state index < -0.39 is 11.7 Å². The van der Waals surface area contributed by atoms with E-state index in [1.54, 1.807) is 16.7 Å². The van der Waals surface area contributed by atoms with Crippen molar-refractivity contribution in [2.45, 2.75) is 57.7 Å². The van der Waals surface area contributed by atoms with Crippen LogP contribution in [0.2, 0.25) is 0 Å². The highest BCUT2D eigenvalue weighted by Crippen LogP contribution is 2.40. The predicted molar refractivity (Wildman–Crippen MR) is 94.3 cm³/mol. The van der Waals surface area contributed by atoms with Crippen LogP contribution in [-0.2, 0) is 4.74 Å². The molecule has 0 bridgehead atoms. The zero-order chi connectivity index (χ0) is 17.2. The molecular formula is C18H27NO3S. The summed E-state index contributed by atoms with van der Waals surface area (Å²) in [5, 5.41) is 10.4. The van der Waals surface area contributed by atoms with Crippen LogP contribution >= 0.6 is 11.8 Å². The van der Waals surface area contributed by atoms with Crippen LogP contribution in [0.25, 0.3) is 0 Å². The number of aliphatic hydroxyl groups excluding tert-OH is 1. The number of thioether (sulfide) groups is 1. The van der Waals surface area contributed by atoms with Crippen molar-refractivity contribution in [3.8, 4) is 0 Å². The Balaban J connectivity index is 2.25. The number of nitrogens with zero attached hydrogens (tertiary/aromatic N) is 1. The van der Waals surface area contributed by atoms with Gasteiger partial charge in [-0.05, 0) is 32.3 Å². The normalized spacial score (nSPS) is 23.2. The number of benzene rings is 1. The first-order chi connectivity index (χ1) is 10.7. The minimum Gasteiger partial charge on any atom is -0.444 e. The van der Waals surface area contributed by atoms with Crippen molar-refractivity contribution in [3.63, 3.8) is 0 Å². The van der Waals surface area contributed by atoms with Gasteiger partial charge in [0, 0.05) is 11.8 Å². The monoisotopic (exact) mass is 337 g/mol. The van der Waals surface area contributed by atoms with E-state index in [4.69, 9.17) is 4.74 Å². The molecule has 0 saturated carbocycles. The third-order valence-electron chi connectivity index (χ3n) is 3.85. The molecule has 128 valence electrons. The first-order valence-corrected chi connectivity index (χ1v) is 9.11. The van der Waals surface area contributed by atoms with Gasteiger partial charge in [-0.2, -0.15) is 0 Å². The third kappa shape index (κ3) is 4.42. The SMILES string of the molecule is CC(C)[C@H]1CS[C@@H]([C@@H](O)c2ccccc2)N1C(=O)OC(C)(C)C. The van der Waals surface area contributed by atoms with Crippen LogP contribution in [-0.4, -0.2) is 38.9 Å². The maximum absolute atomic E-state index is 12.7. The Kier molecular flexibility index (Phi) is 5.63. The van der Waals surface area contributed by atoms with Crippen molar-refractivity contribution in [2.75, 3.05) is 5.75 Å². The fourth-order valence-corrected chi connectivity index (χ4v) is 4.35. The van der Waals surface area contributed by atoms with Crippen LogP contribution in [0.15, 0.2) is 30.3 Å². The molecule has 1 saturated heterocycles. The van der Waals surface area contributed by atoms with E-state index in [0.29, 0.717) is 5.92 Å². The molecule has 1 amide bonds. The van der Waals surface area contributed by atoms with Crippen molar-refractivity contribution in [2.24, 2.45) is 5.92 Å². The van der Waals surface area contributed by atoms with Gasteiger partial charge in [-0.25, -0.2) is 4.79 Å². The van der Waals surface area contributed by atoms with E-state index in [-0.39, 0.29) is 17.5 Å². The quantitative estimate of drug-likeness (QED) is 0.904. The van der Waals surface area contributed by atoms with E-state index in [0.717, 1.165) is 11.3 Å². The summed E-state index contributed by atoms with van der Waals surface area (Å²) in [6.45, 7) is 9.78. The molecule has 0 spiro atoms. The highest BCUT2D eigenvalue weighted by atomic mass is 32.2. The smallest absolute Gasteiger partial charge is 0.411 e. The second-order valence-corrected chi connectivity index (χ2v) is 8.43. The molecular weight excluding hydrogens is 310 g/mol. The van der Waals surface area contributed by atoms with Gasteiger partial charge < -0.3 is 9.84 Å². The minimum atomic E-state index is -0.725. The van der Waals surface area contributed by atoms with Gasteiger partial charge in [-0.3, -0.25) is 4.90 Å². The Morgan fingerprint density at radius 2 is 1.91 bits per heavy atom. The fraction of sp³-hybridized carbons (Fsp3) is 0.611. The fourth-order valence-electron chi connectivity index (χ4n) is 2.67. The van der Waals surface area contributed by atoms with Crippen LogP contribution in [0.5, 0.6) is 0 Å². The molecule has 1 aliphatic rings. The molecule has 0 unspecified atom stereocenters. The van der Waals surface area contributed by atoms with E-state index in [2.05, 4.69) is 13.8 Å². The number of rotatable bonds is 3. The second kappa shape index (κ2) is 7.14. The summed E-state index contributed by atoms with van der Waals surface area (Å²) in [6, 6.07) is 9.56. The van der Waals surface area contributed by atoms with E-state index in [1.165, 1.54) is 0 Å². The summed E-state index contributed by atoms with van der Waals surface area (Å²) < 4.78 is 5.58. The molecule has 1 aliphatic heterocycles. The van der Waals surface area contributed by atoms with E-state index in [9.17, 15) is 9.90 Å². The molecule has 1 N–H and O–H groups in total. The molecule has 1 aromatic carbocycles. The lowest BCUT2D eigenvalue weighted by molar-refractivity contribution is -0.00122. The summed E-state index contributed by atoms with van der Waals surface area (Å²) in [7, 11) is 0. The molecule has 3 atom stereocenters. The average Bonchev–Trinajstić information content (AvgIpc) is 2.90. The highest BCUT2D eigenvalue weighted by molar-refractivity contribution is 8.00. The molecule has 23 heavy (non-hydrogen) atoms. The number of amides is 1. The molecule has 2 rings (SSSR count). The van der Waals surface area contributed by atoms with Crippen molar-refractivity contribution in [3.05, 3.63) is 35.9 Å². The molecule has 1 aromatic rings. The summed E-state index contributed by atoms with van der Waals surface area (Å²) in [5.41, 5.74) is 0.275. The van der Waals surface area contributed by atoms with Crippen molar-refractivity contribution in [1.29, 1.82) is 0 Å². The lowest BCUT2D eigenvalue weighted by Crippen LogP contribution is -2.48. The Bertz CT molecular complexity index is 527. The maximum Gasteiger partial charge on any atom is 0.411 e. The summed E-state index contributed by atoms with van der Waals surface area (Å²) >= 11 is 1.62. The van der Waals surface area contributed by atoms with Gasteiger partial charge in [0.05, 0.1) is 0 Å². The van der Waals surface area contributed by atoms with E-state index >= 15 is 0 Å². The highest BCUT2D eigenvalue weighted by Gasteiger charge is 2.44. The van der Waals surface area contributed by atoms with Crippen molar-refractivity contribution >= 4 is 17.9 Å². The molecule has 1 fully saturated rings. The van der Waals surface area contributed by atoms with Crippen molar-refractivity contribution < 1.29 is 14.6 Å². The summed E-state index contributed by atoms with van der Waals surface area (Å²) in [6.07, 6.45) is -1.07. The molecule has 4 nitrogen and oxygen atoms in total. The molecule has 0 aliphatic carbocycles. The van der Waals surface area contributed by atoms with Gasteiger partial charge in [-0.15, -0.1) is 11.8 Å². The lowest BCUT2D eigenvalue weighted by Gasteiger charge is -2.35. The number of hydrogen-bond donors (Lipinski definition) is 1. The number of hydrogen-bond acceptors (Lipinski definition) is 4. The third-order valence-corrected chi connectivity index (χ3v) is 5.21. The van der Waals surface area contributed by atoms with Gasteiger partial charge in [0.25, 0.3) is 0 Å². The number of carbonyl (C=O) groups is 1. The average molecular weight is 337 g/mol. The first kappa shape index (κ1) is 18.1. The number of ether oxygens (including phenoxy) is 1. The minimum absolute atomic E-state index is 0.0678. The summed E-state index contributed by atoms with van der Waals surface area (Å²) in [4.78, 5) is 14.4. The first-order valence-electron chi connectivity index (χ1n) is 8.06. The maximum atomic E-state index is 12.7. The topological polar surface area (TPSA) is 49.8 Å². The number of aliphatic hydroxyl groups is 1. The van der Waals surface area contributed by atoms with Crippen LogP contribution in [0.4, 0.5) is 4.79 Å². The van der Waals surface area contributed by atoms with Gasteiger partial charge in [-0.1, -0.05) is 44.2 Å². The zero-order valence-corrected chi connectivity index (χ0v) is 15.3. The Labute approximate surface area is 143 Å². The van der Waals surface area contributed by atoms with Crippen LogP contribution < -0.4 is 0 Å². The molecule has 0 radical (unpaired) electrons. The largest absolute Gasteiger partial charge is 0.444 e. The summed E-state index contributed by atoms with van der Waals surface area (Å²) in [5.74, 6) is 1.12. The second-order valence-electron chi connectivity index (χ2n) is 7.28. The van der Waals surface area contributed by atoms with E-state index in [1.807, 2.05) is 51.1 Å². The van der Waals surface area contributed by atoms with Gasteiger partial charge in [0.1, 0.15) is 17.1 Å². The van der Waals surface area contributed by atoms with Crippen LogP contribution in [0.3, 0.4) is 0 Å². The molecule has 1 heterocycles. The lowest BCUT2D eigenvalue weighted by atomic mass is 10.0. The van der Waals surface area contributed by atoms with Crippen LogP contribution in [0, 0.1) is 5.92 Å². The van der Waals surface area contributed by atoms with Crippen LogP contribution in [0.1, 0.15) is 46.3 Å². The number of carbonyl (C=O) groups excluding carboxylic acids is 1. The van der Waals surface area contributed by atoms with Gasteiger partial charge in [0.2, 0.25) is 0 Å². The Morgan fingerprint density at radius 1 is 1.30 bits per heavy atom. The predicted octanol–water partition coefficient (Wildman–Crippen LogP) is 4.05. The van der Waals surface area contributed by atoms with Gasteiger partial charge >= 0.3 is 6.09 Å². The Hall–Kier alpha value is -1.20. The molecule has 0 aromatic heterocycles. The zero-order valence-electron chi connectivity index (χ0n) is 14.5. The van der Waals surface area contributed by atoms with Crippen molar-refractivity contribution in [1.82, 2.24) is 4.90 Å². The standard InChI is InChI=1S/C18H27NO3S/c1-12(2)14-11-23-16(15(20)13-9-7-6-8-10-13)19(14)17(21)22-18(3,4)5/h6-10,12,14-16,20H,11H2,1-5H3/t14-,15+,16+/m1/s1.